The molecule has 5 nitrogen and oxygen atoms in total. The van der Waals surface area contributed by atoms with Gasteiger partial charge in [-0.3, -0.25) is 9.89 Å². The summed E-state index contributed by atoms with van der Waals surface area (Å²) >= 11 is 6.06. The van der Waals surface area contributed by atoms with Crippen LogP contribution in [0.15, 0.2) is 29.3 Å². The van der Waals surface area contributed by atoms with Gasteiger partial charge >= 0.3 is 0 Å². The van der Waals surface area contributed by atoms with E-state index in [-0.39, 0.29) is 6.04 Å². The lowest BCUT2D eigenvalue weighted by Gasteiger charge is -2.35. The minimum absolute atomic E-state index is 0.258. The Morgan fingerprint density at radius 1 is 1.20 bits per heavy atom. The van der Waals surface area contributed by atoms with Crippen molar-refractivity contribution in [2.75, 3.05) is 39.9 Å². The fourth-order valence-corrected chi connectivity index (χ4v) is 2.93. The normalized spacial score (nSPS) is 18.9. The lowest BCUT2D eigenvalue weighted by atomic mass is 10.0. The molecule has 2 rings (SSSR count). The minimum atomic E-state index is 0.258. The summed E-state index contributed by atoms with van der Waals surface area (Å²) in [7, 11) is 1.81. The van der Waals surface area contributed by atoms with E-state index in [1.807, 2.05) is 19.2 Å². The highest BCUT2D eigenvalue weighted by Crippen LogP contribution is 2.23. The lowest BCUT2D eigenvalue weighted by molar-refractivity contribution is 0.0170. The number of hydrogen-bond acceptors (Lipinski definition) is 3. The number of nitrogens with one attached hydrogen (secondary N) is 2. The summed E-state index contributed by atoms with van der Waals surface area (Å²) in [5.41, 5.74) is 1.26. The molecule has 2 atom stereocenters. The van der Waals surface area contributed by atoms with Crippen LogP contribution in [0.5, 0.6) is 0 Å². The Bertz CT molecular complexity index is 541. The molecular formula is C19H31ClN4O. The third-order valence-corrected chi connectivity index (χ3v) is 5.04. The third-order valence-electron chi connectivity index (χ3n) is 4.79. The highest BCUT2D eigenvalue weighted by molar-refractivity contribution is 6.30. The number of rotatable bonds is 6. The van der Waals surface area contributed by atoms with E-state index in [0.717, 1.165) is 43.8 Å². The largest absolute Gasteiger partial charge is 0.379 e. The summed E-state index contributed by atoms with van der Waals surface area (Å²) in [6.07, 6.45) is 0. The van der Waals surface area contributed by atoms with Gasteiger partial charge in [-0.2, -0.15) is 0 Å². The number of halogens is 1. The molecule has 1 aliphatic rings. The van der Waals surface area contributed by atoms with Crippen LogP contribution in [0.2, 0.25) is 5.02 Å². The van der Waals surface area contributed by atoms with E-state index in [0.29, 0.717) is 12.0 Å². The van der Waals surface area contributed by atoms with Crippen molar-refractivity contribution in [2.24, 2.45) is 10.9 Å². The summed E-state index contributed by atoms with van der Waals surface area (Å²) in [5, 5.41) is 7.71. The molecule has 1 aromatic rings. The summed E-state index contributed by atoms with van der Waals surface area (Å²) in [5.74, 6) is 1.39. The van der Waals surface area contributed by atoms with Gasteiger partial charge in [0.2, 0.25) is 0 Å². The van der Waals surface area contributed by atoms with E-state index in [1.54, 1.807) is 0 Å². The van der Waals surface area contributed by atoms with Crippen molar-refractivity contribution in [3.63, 3.8) is 0 Å². The Hall–Kier alpha value is -1.30. The second-order valence-electron chi connectivity index (χ2n) is 6.85. The molecular weight excluding hydrogens is 336 g/mol. The van der Waals surface area contributed by atoms with Gasteiger partial charge in [0.15, 0.2) is 5.96 Å². The fraction of sp³-hybridized carbons (Fsp3) is 0.632. The topological polar surface area (TPSA) is 48.9 Å². The quantitative estimate of drug-likeness (QED) is 0.600. The zero-order chi connectivity index (χ0) is 18.2. The number of benzene rings is 1. The molecule has 0 amide bonds. The molecule has 0 aromatic heterocycles. The van der Waals surface area contributed by atoms with Crippen LogP contribution in [0, 0.1) is 5.92 Å². The van der Waals surface area contributed by atoms with Crippen LogP contribution < -0.4 is 10.6 Å². The van der Waals surface area contributed by atoms with Crippen LogP contribution in [0.4, 0.5) is 0 Å². The Balaban J connectivity index is 2.06. The molecule has 0 bridgehead atoms. The standard InChI is InChI=1S/C19H31ClN4O/c1-14(2)15(3)23-19(21-4)22-13-18(24-9-11-25-12-10-24)16-5-7-17(20)8-6-16/h5-8,14-15,18H,9-13H2,1-4H3,(H2,21,22,23). The molecule has 1 aliphatic heterocycles. The SMILES string of the molecule is CN=C(NCC(c1ccc(Cl)cc1)N1CCOCC1)NC(C)C(C)C. The average molecular weight is 367 g/mol. The molecule has 2 unspecified atom stereocenters. The molecule has 1 saturated heterocycles. The number of hydrogen-bond donors (Lipinski definition) is 2. The van der Waals surface area contributed by atoms with Gasteiger partial charge in [-0.25, -0.2) is 0 Å². The Morgan fingerprint density at radius 3 is 2.40 bits per heavy atom. The Kier molecular flexibility index (Phi) is 8.00. The summed E-state index contributed by atoms with van der Waals surface area (Å²) in [6.45, 7) is 10.8. The second kappa shape index (κ2) is 10.00. The monoisotopic (exact) mass is 366 g/mol. The van der Waals surface area contributed by atoms with E-state index < -0.39 is 0 Å². The first-order valence-electron chi connectivity index (χ1n) is 9.05. The first-order valence-corrected chi connectivity index (χ1v) is 9.43. The third kappa shape index (κ3) is 6.17. The molecule has 25 heavy (non-hydrogen) atoms. The Labute approximate surface area is 156 Å². The van der Waals surface area contributed by atoms with Crippen molar-refractivity contribution >= 4 is 17.6 Å². The molecule has 0 spiro atoms. The van der Waals surface area contributed by atoms with Gasteiger partial charge in [0.05, 0.1) is 19.3 Å². The van der Waals surface area contributed by atoms with E-state index in [9.17, 15) is 0 Å². The zero-order valence-electron chi connectivity index (χ0n) is 15.8. The van der Waals surface area contributed by atoms with Gasteiger partial charge in [0, 0.05) is 37.7 Å². The summed E-state index contributed by atoms with van der Waals surface area (Å²) < 4.78 is 5.51. The predicted octanol–water partition coefficient (Wildman–Crippen LogP) is 2.92. The van der Waals surface area contributed by atoms with Gasteiger partial charge < -0.3 is 15.4 Å². The van der Waals surface area contributed by atoms with Gasteiger partial charge in [-0.1, -0.05) is 37.6 Å². The molecule has 1 fully saturated rings. The molecule has 6 heteroatoms. The van der Waals surface area contributed by atoms with Gasteiger partial charge in [0.25, 0.3) is 0 Å². The van der Waals surface area contributed by atoms with Crippen LogP contribution in [-0.2, 0) is 4.74 Å². The zero-order valence-corrected chi connectivity index (χ0v) is 16.5. The molecule has 2 N–H and O–H groups in total. The molecule has 1 heterocycles. The van der Waals surface area contributed by atoms with E-state index >= 15 is 0 Å². The smallest absolute Gasteiger partial charge is 0.191 e. The number of nitrogens with zero attached hydrogens (tertiary/aromatic N) is 2. The van der Waals surface area contributed by atoms with Crippen molar-refractivity contribution in [1.82, 2.24) is 15.5 Å². The van der Waals surface area contributed by atoms with Crippen LogP contribution in [0.3, 0.4) is 0 Å². The van der Waals surface area contributed by atoms with Crippen LogP contribution in [-0.4, -0.2) is 56.8 Å². The lowest BCUT2D eigenvalue weighted by Crippen LogP contribution is -2.48. The molecule has 140 valence electrons. The molecule has 0 aliphatic carbocycles. The molecule has 0 saturated carbocycles. The van der Waals surface area contributed by atoms with Gasteiger partial charge in [0.1, 0.15) is 0 Å². The average Bonchev–Trinajstić information content (AvgIpc) is 2.62. The van der Waals surface area contributed by atoms with E-state index in [1.165, 1.54) is 5.56 Å². The Morgan fingerprint density at radius 2 is 1.84 bits per heavy atom. The number of ether oxygens (including phenoxy) is 1. The number of aliphatic imine (C=N–C) groups is 1. The predicted molar refractivity (Wildman–Crippen MR) is 105 cm³/mol. The number of morpholine rings is 1. The second-order valence-corrected chi connectivity index (χ2v) is 7.28. The highest BCUT2D eigenvalue weighted by Gasteiger charge is 2.23. The summed E-state index contributed by atoms with van der Waals surface area (Å²) in [6, 6.07) is 8.75. The first-order chi connectivity index (χ1) is 12.0. The van der Waals surface area contributed by atoms with Crippen molar-refractivity contribution in [3.05, 3.63) is 34.9 Å². The maximum absolute atomic E-state index is 6.06. The first kappa shape index (κ1) is 20.0. The van der Waals surface area contributed by atoms with Crippen LogP contribution in [0.1, 0.15) is 32.4 Å². The molecule has 0 radical (unpaired) electrons. The van der Waals surface area contributed by atoms with Gasteiger partial charge in [-0.15, -0.1) is 0 Å². The van der Waals surface area contributed by atoms with Crippen molar-refractivity contribution in [1.29, 1.82) is 0 Å². The van der Waals surface area contributed by atoms with Crippen molar-refractivity contribution < 1.29 is 4.74 Å². The number of guanidine groups is 1. The molecule has 1 aromatic carbocycles. The summed E-state index contributed by atoms with van der Waals surface area (Å²) in [4.78, 5) is 6.82. The van der Waals surface area contributed by atoms with Crippen LogP contribution in [0.25, 0.3) is 0 Å². The van der Waals surface area contributed by atoms with Crippen molar-refractivity contribution in [3.8, 4) is 0 Å². The van der Waals surface area contributed by atoms with E-state index in [4.69, 9.17) is 16.3 Å². The van der Waals surface area contributed by atoms with E-state index in [2.05, 4.69) is 53.4 Å². The van der Waals surface area contributed by atoms with Crippen LogP contribution >= 0.6 is 11.6 Å². The maximum atomic E-state index is 6.06. The highest BCUT2D eigenvalue weighted by atomic mass is 35.5. The van der Waals surface area contributed by atoms with Crippen molar-refractivity contribution in [2.45, 2.75) is 32.9 Å². The van der Waals surface area contributed by atoms with Gasteiger partial charge in [-0.05, 0) is 30.5 Å². The maximum Gasteiger partial charge on any atom is 0.191 e. The fourth-order valence-electron chi connectivity index (χ4n) is 2.80. The minimum Gasteiger partial charge on any atom is -0.379 e.